The van der Waals surface area contributed by atoms with Crippen molar-refractivity contribution in [3.63, 3.8) is 0 Å². The lowest BCUT2D eigenvalue weighted by molar-refractivity contribution is 0.633. The van der Waals surface area contributed by atoms with Gasteiger partial charge >= 0.3 is 0 Å². The lowest BCUT2D eigenvalue weighted by atomic mass is 10.1. The lowest BCUT2D eigenvalue weighted by Gasteiger charge is -2.13. The molecule has 0 aliphatic heterocycles. The molecule has 1 N–H and O–H groups in total. The lowest BCUT2D eigenvalue weighted by Crippen LogP contribution is -2.04. The number of anilines is 1. The van der Waals surface area contributed by atoms with Crippen molar-refractivity contribution in [3.8, 4) is 0 Å². The van der Waals surface area contributed by atoms with E-state index in [4.69, 9.17) is 0 Å². The molecule has 102 valence electrons. The molecule has 0 saturated heterocycles. The third kappa shape index (κ3) is 3.06. The van der Waals surface area contributed by atoms with E-state index in [1.54, 1.807) is 6.07 Å². The minimum atomic E-state index is -0.238. The Kier molecular flexibility index (Phi) is 4.40. The summed E-state index contributed by atoms with van der Waals surface area (Å²) >= 11 is 3.46. The molecule has 2 aromatic rings. The zero-order valence-corrected chi connectivity index (χ0v) is 13.0. The monoisotopic (exact) mass is 324 g/mol. The maximum absolute atomic E-state index is 14.0. The van der Waals surface area contributed by atoms with Crippen molar-refractivity contribution >= 4 is 32.5 Å². The molecule has 0 unspecified atom stereocenters. The number of halogens is 2. The van der Waals surface area contributed by atoms with Crippen molar-refractivity contribution in [3.05, 3.63) is 34.2 Å². The highest BCUT2D eigenvalue weighted by Crippen LogP contribution is 2.31. The van der Waals surface area contributed by atoms with E-state index in [2.05, 4.69) is 40.1 Å². The fourth-order valence-electron chi connectivity index (χ4n) is 2.17. The van der Waals surface area contributed by atoms with Gasteiger partial charge in [0, 0.05) is 22.4 Å². The zero-order chi connectivity index (χ0) is 14.0. The second kappa shape index (κ2) is 5.87. The van der Waals surface area contributed by atoms with Gasteiger partial charge in [-0.15, -0.1) is 0 Å². The Morgan fingerprint density at radius 3 is 2.74 bits per heavy atom. The number of hydrogen-bond donors (Lipinski definition) is 1. The van der Waals surface area contributed by atoms with E-state index < -0.39 is 0 Å². The largest absolute Gasteiger partial charge is 0.385 e. The molecule has 0 saturated carbocycles. The summed E-state index contributed by atoms with van der Waals surface area (Å²) in [6.45, 7) is 7.06. The summed E-state index contributed by atoms with van der Waals surface area (Å²) in [5, 5.41) is 3.79. The first-order chi connectivity index (χ1) is 9.02. The fraction of sp³-hybridized carbons (Fsp3) is 0.400. The van der Waals surface area contributed by atoms with Crippen LogP contribution in [0, 0.1) is 11.7 Å². The Hall–Kier alpha value is -1.16. The van der Waals surface area contributed by atoms with Crippen LogP contribution >= 0.6 is 15.9 Å². The minimum absolute atomic E-state index is 0.238. The summed E-state index contributed by atoms with van der Waals surface area (Å²) in [4.78, 5) is 4.59. The van der Waals surface area contributed by atoms with Gasteiger partial charge < -0.3 is 5.32 Å². The molecule has 19 heavy (non-hydrogen) atoms. The Bertz CT molecular complexity index is 596. The summed E-state index contributed by atoms with van der Waals surface area (Å²) in [5.74, 6) is 0.282. The average Bonchev–Trinajstić information content (AvgIpc) is 2.33. The minimum Gasteiger partial charge on any atom is -0.385 e. The predicted molar refractivity (Wildman–Crippen MR) is 82.1 cm³/mol. The number of nitrogens with zero attached hydrogens (tertiary/aromatic N) is 1. The van der Waals surface area contributed by atoms with Gasteiger partial charge in [0.1, 0.15) is 5.82 Å². The fourth-order valence-corrected chi connectivity index (χ4v) is 2.59. The van der Waals surface area contributed by atoms with E-state index >= 15 is 0 Å². The van der Waals surface area contributed by atoms with Gasteiger partial charge in [-0.05, 0) is 53.4 Å². The third-order valence-corrected chi connectivity index (χ3v) is 3.54. The van der Waals surface area contributed by atoms with Crippen molar-refractivity contribution < 1.29 is 4.39 Å². The van der Waals surface area contributed by atoms with E-state index in [1.165, 1.54) is 6.07 Å². The van der Waals surface area contributed by atoms with Gasteiger partial charge in [0.15, 0.2) is 0 Å². The highest BCUT2D eigenvalue weighted by molar-refractivity contribution is 9.10. The summed E-state index contributed by atoms with van der Waals surface area (Å²) < 4.78 is 14.9. The molecule has 1 aromatic carbocycles. The molecule has 0 fully saturated rings. The molecule has 2 rings (SSSR count). The van der Waals surface area contributed by atoms with Gasteiger partial charge in [0.05, 0.1) is 10.9 Å². The van der Waals surface area contributed by atoms with Crippen LogP contribution in [0.25, 0.3) is 10.9 Å². The highest BCUT2D eigenvalue weighted by Gasteiger charge is 2.13. The van der Waals surface area contributed by atoms with Crippen molar-refractivity contribution in [1.82, 2.24) is 4.98 Å². The van der Waals surface area contributed by atoms with Crippen LogP contribution in [0.2, 0.25) is 0 Å². The highest BCUT2D eigenvalue weighted by atomic mass is 79.9. The van der Waals surface area contributed by atoms with Crippen LogP contribution in [0.15, 0.2) is 22.7 Å². The average molecular weight is 325 g/mol. The van der Waals surface area contributed by atoms with Crippen LogP contribution in [0.1, 0.15) is 26.5 Å². The van der Waals surface area contributed by atoms with Gasteiger partial charge in [-0.1, -0.05) is 13.8 Å². The van der Waals surface area contributed by atoms with E-state index in [0.717, 1.165) is 28.8 Å². The molecule has 0 spiro atoms. The number of fused-ring (bicyclic) bond motifs is 1. The van der Waals surface area contributed by atoms with Crippen molar-refractivity contribution in [2.24, 2.45) is 5.92 Å². The SMILES string of the molecule is CCNc1cc(CC(C)C)nc2c(Br)ccc(F)c12. The molecule has 0 radical (unpaired) electrons. The van der Waals surface area contributed by atoms with Crippen LogP contribution in [-0.4, -0.2) is 11.5 Å². The molecule has 0 amide bonds. The van der Waals surface area contributed by atoms with Gasteiger partial charge in [0.25, 0.3) is 0 Å². The quantitative estimate of drug-likeness (QED) is 0.876. The molecule has 1 aromatic heterocycles. The Labute approximate surface area is 121 Å². The van der Waals surface area contributed by atoms with Crippen LogP contribution < -0.4 is 5.32 Å². The van der Waals surface area contributed by atoms with Gasteiger partial charge in [-0.2, -0.15) is 0 Å². The predicted octanol–water partition coefficient (Wildman–Crippen LogP) is 4.77. The molecule has 0 aliphatic rings. The Morgan fingerprint density at radius 1 is 1.37 bits per heavy atom. The van der Waals surface area contributed by atoms with Crippen LogP contribution in [0.5, 0.6) is 0 Å². The third-order valence-electron chi connectivity index (χ3n) is 2.90. The van der Waals surface area contributed by atoms with E-state index in [1.807, 2.05) is 13.0 Å². The van der Waals surface area contributed by atoms with E-state index in [-0.39, 0.29) is 5.82 Å². The Morgan fingerprint density at radius 2 is 2.11 bits per heavy atom. The normalized spacial score (nSPS) is 11.3. The number of pyridine rings is 1. The summed E-state index contributed by atoms with van der Waals surface area (Å²) in [6, 6.07) is 5.14. The van der Waals surface area contributed by atoms with Crippen molar-refractivity contribution in [2.75, 3.05) is 11.9 Å². The summed E-state index contributed by atoms with van der Waals surface area (Å²) in [5.41, 5.74) is 2.50. The first-order valence-electron chi connectivity index (χ1n) is 6.54. The topological polar surface area (TPSA) is 24.9 Å². The number of rotatable bonds is 4. The molecule has 0 aliphatic carbocycles. The smallest absolute Gasteiger partial charge is 0.134 e. The van der Waals surface area contributed by atoms with Crippen molar-refractivity contribution in [2.45, 2.75) is 27.2 Å². The molecule has 4 heteroatoms. The molecule has 0 atom stereocenters. The number of benzene rings is 1. The van der Waals surface area contributed by atoms with Crippen LogP contribution in [-0.2, 0) is 6.42 Å². The van der Waals surface area contributed by atoms with E-state index in [0.29, 0.717) is 16.8 Å². The maximum atomic E-state index is 14.0. The first kappa shape index (κ1) is 14.3. The maximum Gasteiger partial charge on any atom is 0.134 e. The summed E-state index contributed by atoms with van der Waals surface area (Å²) in [7, 11) is 0. The second-order valence-corrected chi connectivity index (χ2v) is 5.90. The van der Waals surface area contributed by atoms with Gasteiger partial charge in [-0.25, -0.2) is 4.39 Å². The molecule has 2 nitrogen and oxygen atoms in total. The standard InChI is InChI=1S/C15H18BrFN2/c1-4-18-13-8-10(7-9(2)3)19-15-11(16)5-6-12(17)14(13)15/h5-6,8-9H,4,7H2,1-3H3,(H,18,19). The molecular formula is C15H18BrFN2. The number of hydrogen-bond acceptors (Lipinski definition) is 2. The van der Waals surface area contributed by atoms with Crippen molar-refractivity contribution in [1.29, 1.82) is 0 Å². The second-order valence-electron chi connectivity index (χ2n) is 5.04. The van der Waals surface area contributed by atoms with Gasteiger partial charge in [-0.3, -0.25) is 4.98 Å². The van der Waals surface area contributed by atoms with Gasteiger partial charge in [0.2, 0.25) is 0 Å². The molecule has 1 heterocycles. The number of nitrogens with one attached hydrogen (secondary N) is 1. The molecular weight excluding hydrogens is 307 g/mol. The zero-order valence-electron chi connectivity index (χ0n) is 11.4. The van der Waals surface area contributed by atoms with E-state index in [9.17, 15) is 4.39 Å². The van der Waals surface area contributed by atoms with Crippen LogP contribution in [0.3, 0.4) is 0 Å². The Balaban J connectivity index is 2.68. The first-order valence-corrected chi connectivity index (χ1v) is 7.33. The number of aromatic nitrogens is 1. The van der Waals surface area contributed by atoms with Crippen LogP contribution in [0.4, 0.5) is 10.1 Å². The summed E-state index contributed by atoms with van der Waals surface area (Å²) in [6.07, 6.45) is 0.886. The molecule has 0 bridgehead atoms.